The number of hydrogen-bond donors (Lipinski definition) is 0. The van der Waals surface area contributed by atoms with Crippen molar-refractivity contribution < 1.29 is 0 Å². The summed E-state index contributed by atoms with van der Waals surface area (Å²) in [6, 6.07) is 106. The number of hydrogen-bond acceptors (Lipinski definition) is 1. The van der Waals surface area contributed by atoms with Gasteiger partial charge in [0.2, 0.25) is 0 Å². The first-order valence-electron chi connectivity index (χ1n) is 25.7. The second-order valence-electron chi connectivity index (χ2n) is 19.8. The number of rotatable bonds is 7. The highest BCUT2D eigenvalue weighted by Gasteiger charge is 2.45. The Morgan fingerprint density at radius 1 is 0.216 bits per heavy atom. The molecule has 1 nitrogen and oxygen atoms in total. The summed E-state index contributed by atoms with van der Waals surface area (Å²) < 4.78 is 0. The molecule has 0 heterocycles. The lowest BCUT2D eigenvalue weighted by molar-refractivity contribution is 0.768. The van der Waals surface area contributed by atoms with Crippen LogP contribution >= 0.6 is 0 Å². The summed E-state index contributed by atoms with van der Waals surface area (Å²) in [4.78, 5) is 2.49. The van der Waals surface area contributed by atoms with Crippen LogP contribution in [0.15, 0.2) is 285 Å². The molecule has 0 saturated carbocycles. The Hall–Kier alpha value is -9.56. The van der Waals surface area contributed by atoms with Crippen LogP contribution in [0.25, 0.3) is 98.0 Å². The lowest BCUT2D eigenvalue weighted by Gasteiger charge is -2.34. The van der Waals surface area contributed by atoms with Gasteiger partial charge in [0, 0.05) is 16.2 Å². The average molecular weight is 938 g/mol. The van der Waals surface area contributed by atoms with Crippen molar-refractivity contribution in [3.63, 3.8) is 0 Å². The van der Waals surface area contributed by atoms with Crippen molar-refractivity contribution in [3.05, 3.63) is 307 Å². The molecule has 0 saturated heterocycles. The third-order valence-corrected chi connectivity index (χ3v) is 16.1. The third kappa shape index (κ3) is 6.23. The van der Waals surface area contributed by atoms with E-state index in [9.17, 15) is 0 Å². The molecule has 0 atom stereocenters. The van der Waals surface area contributed by atoms with Crippen LogP contribution in [0.5, 0.6) is 0 Å². The zero-order valence-corrected chi connectivity index (χ0v) is 40.6. The SMILES string of the molecule is c1ccc(C2(c3ccc(-c4cc5c6ccccc6c(-c6ccc(N(c7cccc8ccccc78)c7cccc8ccccc78)c7ccccc67)cc5c5ccccc45)cc3)c3ccccc3-c3ccccc32)cc1. The van der Waals surface area contributed by atoms with Gasteiger partial charge in [-0.15, -0.1) is 0 Å². The molecule has 74 heavy (non-hydrogen) atoms. The molecule has 14 aromatic rings. The molecule has 0 N–H and O–H groups in total. The number of anilines is 3. The Morgan fingerprint density at radius 2 is 0.622 bits per heavy atom. The molecule has 0 radical (unpaired) electrons. The van der Waals surface area contributed by atoms with Crippen LogP contribution in [0.4, 0.5) is 17.1 Å². The van der Waals surface area contributed by atoms with Crippen molar-refractivity contribution in [1.29, 1.82) is 0 Å². The van der Waals surface area contributed by atoms with Gasteiger partial charge in [0.05, 0.1) is 22.5 Å². The normalized spacial score (nSPS) is 12.7. The zero-order chi connectivity index (χ0) is 48.7. The van der Waals surface area contributed by atoms with E-state index < -0.39 is 5.41 Å². The second-order valence-corrected chi connectivity index (χ2v) is 19.8. The molecule has 0 aliphatic heterocycles. The zero-order valence-electron chi connectivity index (χ0n) is 40.6. The summed E-state index contributed by atoms with van der Waals surface area (Å²) in [5.74, 6) is 0. The minimum absolute atomic E-state index is 0.447. The summed E-state index contributed by atoms with van der Waals surface area (Å²) in [5, 5.41) is 14.7. The van der Waals surface area contributed by atoms with Crippen LogP contribution in [0.1, 0.15) is 22.3 Å². The van der Waals surface area contributed by atoms with Crippen molar-refractivity contribution >= 4 is 81.7 Å². The van der Waals surface area contributed by atoms with Gasteiger partial charge in [0.1, 0.15) is 0 Å². The molecule has 0 aromatic heterocycles. The Balaban J connectivity index is 0.919. The minimum Gasteiger partial charge on any atom is -0.309 e. The van der Waals surface area contributed by atoms with Crippen LogP contribution in [-0.4, -0.2) is 0 Å². The van der Waals surface area contributed by atoms with Crippen molar-refractivity contribution in [1.82, 2.24) is 0 Å². The van der Waals surface area contributed by atoms with E-state index in [2.05, 4.69) is 290 Å². The molecular formula is C73H47N. The van der Waals surface area contributed by atoms with E-state index in [1.54, 1.807) is 0 Å². The summed E-state index contributed by atoms with van der Waals surface area (Å²) in [5.41, 5.74) is 15.7. The van der Waals surface area contributed by atoms with Gasteiger partial charge in [-0.1, -0.05) is 255 Å². The Bertz CT molecular complexity index is 4410. The number of fused-ring (bicyclic) bond motifs is 11. The molecule has 15 rings (SSSR count). The molecule has 344 valence electrons. The van der Waals surface area contributed by atoms with Crippen LogP contribution in [0.3, 0.4) is 0 Å². The quantitative estimate of drug-likeness (QED) is 0.144. The first kappa shape index (κ1) is 42.2. The van der Waals surface area contributed by atoms with Gasteiger partial charge in [0.25, 0.3) is 0 Å². The predicted molar refractivity (Wildman–Crippen MR) is 314 cm³/mol. The molecular weight excluding hydrogens is 891 g/mol. The fraction of sp³-hybridized carbons (Fsp3) is 0.0137. The molecule has 0 unspecified atom stereocenters. The van der Waals surface area contributed by atoms with Crippen molar-refractivity contribution in [2.24, 2.45) is 0 Å². The lowest BCUT2D eigenvalue weighted by atomic mass is 9.67. The van der Waals surface area contributed by atoms with Gasteiger partial charge in [-0.3, -0.25) is 0 Å². The van der Waals surface area contributed by atoms with E-state index in [4.69, 9.17) is 0 Å². The Morgan fingerprint density at radius 3 is 1.20 bits per heavy atom. The second kappa shape index (κ2) is 16.8. The highest BCUT2D eigenvalue weighted by molar-refractivity contribution is 6.25. The van der Waals surface area contributed by atoms with Gasteiger partial charge < -0.3 is 4.90 Å². The lowest BCUT2D eigenvalue weighted by Crippen LogP contribution is -2.28. The van der Waals surface area contributed by atoms with Crippen molar-refractivity contribution in [2.45, 2.75) is 5.41 Å². The molecule has 0 spiro atoms. The van der Waals surface area contributed by atoms with Gasteiger partial charge in [0.15, 0.2) is 0 Å². The van der Waals surface area contributed by atoms with Crippen molar-refractivity contribution in [3.8, 4) is 33.4 Å². The smallest absolute Gasteiger partial charge is 0.0713 e. The van der Waals surface area contributed by atoms with E-state index in [1.807, 2.05) is 0 Å². The van der Waals surface area contributed by atoms with Crippen LogP contribution in [-0.2, 0) is 5.41 Å². The average Bonchev–Trinajstić information content (AvgIpc) is 3.86. The van der Waals surface area contributed by atoms with Crippen LogP contribution < -0.4 is 4.90 Å². The molecule has 1 aliphatic carbocycles. The van der Waals surface area contributed by atoms with Crippen LogP contribution in [0.2, 0.25) is 0 Å². The Labute approximate surface area is 430 Å². The minimum atomic E-state index is -0.447. The monoisotopic (exact) mass is 937 g/mol. The summed E-state index contributed by atoms with van der Waals surface area (Å²) in [6.45, 7) is 0. The highest BCUT2D eigenvalue weighted by atomic mass is 15.1. The summed E-state index contributed by atoms with van der Waals surface area (Å²) >= 11 is 0. The first-order chi connectivity index (χ1) is 36.7. The highest BCUT2D eigenvalue weighted by Crippen LogP contribution is 2.56. The third-order valence-electron chi connectivity index (χ3n) is 16.1. The maximum atomic E-state index is 2.49. The largest absolute Gasteiger partial charge is 0.309 e. The molecule has 14 aromatic carbocycles. The Kier molecular flexibility index (Phi) is 9.55. The van der Waals surface area contributed by atoms with E-state index in [0.717, 1.165) is 17.1 Å². The van der Waals surface area contributed by atoms with E-state index in [-0.39, 0.29) is 0 Å². The number of nitrogens with zero attached hydrogens (tertiary/aromatic N) is 1. The van der Waals surface area contributed by atoms with Crippen LogP contribution in [0, 0.1) is 0 Å². The van der Waals surface area contributed by atoms with E-state index in [0.29, 0.717) is 0 Å². The maximum absolute atomic E-state index is 2.49. The maximum Gasteiger partial charge on any atom is 0.0713 e. The topological polar surface area (TPSA) is 3.24 Å². The summed E-state index contributed by atoms with van der Waals surface area (Å²) in [6.07, 6.45) is 0. The fourth-order valence-corrected chi connectivity index (χ4v) is 12.9. The number of benzene rings is 14. The van der Waals surface area contributed by atoms with E-state index in [1.165, 1.54) is 120 Å². The van der Waals surface area contributed by atoms with Gasteiger partial charge in [-0.25, -0.2) is 0 Å². The van der Waals surface area contributed by atoms with Gasteiger partial charge in [-0.05, 0) is 134 Å². The molecule has 0 fully saturated rings. The van der Waals surface area contributed by atoms with Crippen molar-refractivity contribution in [2.75, 3.05) is 4.90 Å². The molecule has 1 heteroatoms. The van der Waals surface area contributed by atoms with E-state index >= 15 is 0 Å². The first-order valence-corrected chi connectivity index (χ1v) is 25.7. The molecule has 1 aliphatic rings. The predicted octanol–water partition coefficient (Wildman–Crippen LogP) is 19.8. The van der Waals surface area contributed by atoms with Gasteiger partial charge in [-0.2, -0.15) is 0 Å². The molecule has 0 bridgehead atoms. The standard InChI is InChI=1S/C73H47N/c1-2-24-51(25-3-1)73(68-36-16-14-33-61(68)62-34-15-17-37-69(62)73)52-42-40-50(41-43-52)64-46-66-59-32-11-10-31-58(59)65(47-67(66)57-30-9-8-29-56(57)64)60-44-45-72(63-35-13-12-28-55(60)63)74(70-38-18-22-48-20-4-6-26-53(48)70)71-39-19-23-49-21-5-7-27-54(49)71/h1-47H. The fourth-order valence-electron chi connectivity index (χ4n) is 12.9. The summed E-state index contributed by atoms with van der Waals surface area (Å²) in [7, 11) is 0. The molecule has 0 amide bonds. The van der Waals surface area contributed by atoms with Gasteiger partial charge >= 0.3 is 0 Å².